The Morgan fingerprint density at radius 2 is 1.95 bits per heavy atom. The number of aryl methyl sites for hydroxylation is 1. The molecule has 0 radical (unpaired) electrons. The third kappa shape index (κ3) is 2.33. The Kier molecular flexibility index (Phi) is 3.08. The molecule has 0 atom stereocenters. The molecule has 0 unspecified atom stereocenters. The van der Waals surface area contributed by atoms with Gasteiger partial charge in [0.15, 0.2) is 0 Å². The fourth-order valence-corrected chi connectivity index (χ4v) is 1.79. The molecule has 5 nitrogen and oxygen atoms in total. The van der Waals surface area contributed by atoms with Gasteiger partial charge in [0, 0.05) is 12.1 Å². The quantitative estimate of drug-likeness (QED) is 0.864. The van der Waals surface area contributed by atoms with Gasteiger partial charge in [-0.25, -0.2) is 9.18 Å². The van der Waals surface area contributed by atoms with E-state index in [9.17, 15) is 19.1 Å². The van der Waals surface area contributed by atoms with Gasteiger partial charge in [-0.05, 0) is 24.6 Å². The lowest BCUT2D eigenvalue weighted by atomic mass is 10.1. The van der Waals surface area contributed by atoms with E-state index < -0.39 is 28.8 Å². The van der Waals surface area contributed by atoms with Crippen LogP contribution in [-0.2, 0) is 0 Å². The van der Waals surface area contributed by atoms with Crippen LogP contribution >= 0.6 is 0 Å². The molecule has 1 aromatic carbocycles. The molecule has 6 heteroatoms. The van der Waals surface area contributed by atoms with Gasteiger partial charge in [0.1, 0.15) is 17.3 Å². The van der Waals surface area contributed by atoms with Gasteiger partial charge in [-0.3, -0.25) is 9.36 Å². The number of carboxylic acids is 1. The molecule has 19 heavy (non-hydrogen) atoms. The Morgan fingerprint density at radius 3 is 2.58 bits per heavy atom. The molecule has 0 bridgehead atoms. The lowest BCUT2D eigenvalue weighted by Gasteiger charge is -2.12. The van der Waals surface area contributed by atoms with Crippen LogP contribution in [0.25, 0.3) is 5.69 Å². The molecular formula is C13H10FNO4. The minimum Gasteiger partial charge on any atom is -0.508 e. The number of carbonyl (C=O) groups is 1. The van der Waals surface area contributed by atoms with E-state index in [2.05, 4.69) is 0 Å². The summed E-state index contributed by atoms with van der Waals surface area (Å²) in [5.41, 5.74) is -0.510. The average molecular weight is 263 g/mol. The van der Waals surface area contributed by atoms with Crippen molar-refractivity contribution in [1.29, 1.82) is 0 Å². The minimum absolute atomic E-state index is 0.127. The molecule has 98 valence electrons. The molecule has 2 aromatic rings. The summed E-state index contributed by atoms with van der Waals surface area (Å²) in [6, 6.07) is 5.53. The van der Waals surface area contributed by atoms with Crippen molar-refractivity contribution in [2.75, 3.05) is 0 Å². The molecule has 0 aliphatic carbocycles. The second-order valence-electron chi connectivity index (χ2n) is 4.01. The number of rotatable bonds is 2. The molecule has 1 heterocycles. The predicted octanol–water partition coefficient (Wildman–Crippen LogP) is 1.69. The third-order valence-electron chi connectivity index (χ3n) is 2.65. The van der Waals surface area contributed by atoms with Gasteiger partial charge in [0.2, 0.25) is 0 Å². The number of hydrogen-bond donors (Lipinski definition) is 2. The molecule has 2 N–H and O–H groups in total. The largest absolute Gasteiger partial charge is 0.508 e. The van der Waals surface area contributed by atoms with E-state index in [0.717, 1.165) is 22.8 Å². The van der Waals surface area contributed by atoms with Gasteiger partial charge in [0.25, 0.3) is 5.56 Å². The number of aromatic carboxylic acids is 1. The second kappa shape index (κ2) is 4.56. The predicted molar refractivity (Wildman–Crippen MR) is 65.4 cm³/mol. The van der Waals surface area contributed by atoms with Gasteiger partial charge in [-0.2, -0.15) is 0 Å². The Morgan fingerprint density at radius 1 is 1.26 bits per heavy atom. The first-order chi connectivity index (χ1) is 8.90. The van der Waals surface area contributed by atoms with E-state index in [1.807, 2.05) is 0 Å². The highest BCUT2D eigenvalue weighted by Crippen LogP contribution is 2.18. The zero-order chi connectivity index (χ0) is 14.2. The third-order valence-corrected chi connectivity index (χ3v) is 2.65. The molecule has 0 spiro atoms. The zero-order valence-electron chi connectivity index (χ0n) is 9.92. The first-order valence-electron chi connectivity index (χ1n) is 5.36. The van der Waals surface area contributed by atoms with Crippen molar-refractivity contribution >= 4 is 5.97 Å². The van der Waals surface area contributed by atoms with Crippen molar-refractivity contribution in [3.05, 3.63) is 57.8 Å². The van der Waals surface area contributed by atoms with E-state index >= 15 is 0 Å². The number of nitrogens with zero attached hydrogens (tertiary/aromatic N) is 1. The number of halogens is 1. The number of hydrogen-bond acceptors (Lipinski definition) is 3. The topological polar surface area (TPSA) is 79.5 Å². The first kappa shape index (κ1) is 12.8. The van der Waals surface area contributed by atoms with Crippen LogP contribution in [0.1, 0.15) is 16.1 Å². The maximum Gasteiger partial charge on any atom is 0.353 e. The van der Waals surface area contributed by atoms with Crippen molar-refractivity contribution in [1.82, 2.24) is 4.57 Å². The van der Waals surface area contributed by atoms with Gasteiger partial charge < -0.3 is 10.2 Å². The lowest BCUT2D eigenvalue weighted by molar-refractivity contribution is 0.0686. The molecule has 0 aliphatic rings. The van der Waals surface area contributed by atoms with Crippen molar-refractivity contribution in [2.24, 2.45) is 0 Å². The van der Waals surface area contributed by atoms with Crippen molar-refractivity contribution in [3.8, 4) is 11.4 Å². The van der Waals surface area contributed by atoms with E-state index in [1.54, 1.807) is 6.92 Å². The summed E-state index contributed by atoms with van der Waals surface area (Å²) in [6.07, 6.45) is 0. The SMILES string of the molecule is Cc1ccc(F)cc1-n1c(C(=O)O)cc(O)cc1=O. The van der Waals surface area contributed by atoms with Gasteiger partial charge in [-0.15, -0.1) is 0 Å². The lowest BCUT2D eigenvalue weighted by Crippen LogP contribution is -2.24. The summed E-state index contributed by atoms with van der Waals surface area (Å²) >= 11 is 0. The molecule has 2 rings (SSSR count). The van der Waals surface area contributed by atoms with Crippen LogP contribution in [0.4, 0.5) is 4.39 Å². The van der Waals surface area contributed by atoms with E-state index in [-0.39, 0.29) is 5.69 Å². The van der Waals surface area contributed by atoms with E-state index in [1.165, 1.54) is 12.1 Å². The number of aromatic nitrogens is 1. The van der Waals surface area contributed by atoms with Crippen LogP contribution in [0.3, 0.4) is 0 Å². The normalized spacial score (nSPS) is 10.4. The second-order valence-corrected chi connectivity index (χ2v) is 4.01. The summed E-state index contributed by atoms with van der Waals surface area (Å²) in [7, 11) is 0. The Balaban J connectivity index is 2.85. The van der Waals surface area contributed by atoms with Gasteiger partial charge >= 0.3 is 5.97 Å². The monoisotopic (exact) mass is 263 g/mol. The fourth-order valence-electron chi connectivity index (χ4n) is 1.79. The highest BCUT2D eigenvalue weighted by molar-refractivity contribution is 5.87. The van der Waals surface area contributed by atoms with E-state index in [4.69, 9.17) is 5.11 Å². The molecule has 0 aliphatic heterocycles. The van der Waals surface area contributed by atoms with E-state index in [0.29, 0.717) is 5.56 Å². The molecule has 0 saturated carbocycles. The van der Waals surface area contributed by atoms with Crippen LogP contribution in [0, 0.1) is 12.7 Å². The van der Waals surface area contributed by atoms with Crippen molar-refractivity contribution in [2.45, 2.75) is 6.92 Å². The maximum atomic E-state index is 13.3. The highest BCUT2D eigenvalue weighted by Gasteiger charge is 2.16. The fraction of sp³-hybridized carbons (Fsp3) is 0.0769. The van der Waals surface area contributed by atoms with Crippen LogP contribution < -0.4 is 5.56 Å². The summed E-state index contributed by atoms with van der Waals surface area (Å²) in [6.45, 7) is 1.62. The van der Waals surface area contributed by atoms with Crippen molar-refractivity contribution in [3.63, 3.8) is 0 Å². The maximum absolute atomic E-state index is 13.3. The summed E-state index contributed by atoms with van der Waals surface area (Å²) < 4.78 is 14.1. The Labute approximate surface area is 107 Å². The molecule has 0 amide bonds. The standard InChI is InChI=1S/C13H10FNO4/c1-7-2-3-8(14)4-10(7)15-11(13(18)19)5-9(16)6-12(15)17/h2-6,16H,1H3,(H,18,19). The highest BCUT2D eigenvalue weighted by atomic mass is 19.1. The Bertz CT molecular complexity index is 721. The van der Waals surface area contributed by atoms with Gasteiger partial charge in [0.05, 0.1) is 5.69 Å². The first-order valence-corrected chi connectivity index (χ1v) is 5.36. The smallest absolute Gasteiger partial charge is 0.353 e. The zero-order valence-corrected chi connectivity index (χ0v) is 9.92. The van der Waals surface area contributed by atoms with Crippen LogP contribution in [0.2, 0.25) is 0 Å². The summed E-state index contributed by atoms with van der Waals surface area (Å²) in [5.74, 6) is -2.43. The summed E-state index contributed by atoms with van der Waals surface area (Å²) in [4.78, 5) is 23.0. The Hall–Kier alpha value is -2.63. The van der Waals surface area contributed by atoms with Crippen LogP contribution in [0.15, 0.2) is 35.1 Å². The minimum atomic E-state index is -1.39. The number of benzene rings is 1. The molecule has 0 fully saturated rings. The molecular weight excluding hydrogens is 253 g/mol. The van der Waals surface area contributed by atoms with Crippen LogP contribution in [-0.4, -0.2) is 20.7 Å². The van der Waals surface area contributed by atoms with Crippen LogP contribution in [0.5, 0.6) is 5.75 Å². The van der Waals surface area contributed by atoms with Gasteiger partial charge in [-0.1, -0.05) is 6.07 Å². The molecule has 1 aromatic heterocycles. The molecule has 0 saturated heterocycles. The summed E-state index contributed by atoms with van der Waals surface area (Å²) in [5, 5.41) is 18.4. The van der Waals surface area contributed by atoms with Crippen molar-refractivity contribution < 1.29 is 19.4 Å². The number of carboxylic acid groups (broad SMARTS) is 1. The number of aromatic hydroxyl groups is 1. The average Bonchev–Trinajstić information content (AvgIpc) is 2.32. The number of pyridine rings is 1.